The standard InChI is InChI=1S/C10H17N5O3/c1-16-8-9(13-6-14-10(8)15-11)12-4-7-5-17-2-3-18-7/h6-7H,2-5,11H2,1H3,(H2,12,13,14,15). The van der Waals surface area contributed by atoms with E-state index in [9.17, 15) is 0 Å². The number of ether oxygens (including phenoxy) is 3. The van der Waals surface area contributed by atoms with Gasteiger partial charge in [-0.1, -0.05) is 0 Å². The Morgan fingerprint density at radius 2 is 2.28 bits per heavy atom. The monoisotopic (exact) mass is 255 g/mol. The Morgan fingerprint density at radius 1 is 1.44 bits per heavy atom. The second kappa shape index (κ2) is 6.34. The fourth-order valence-corrected chi connectivity index (χ4v) is 1.66. The molecular formula is C10H17N5O3. The minimum absolute atomic E-state index is 0.00714. The third kappa shape index (κ3) is 2.97. The highest BCUT2D eigenvalue weighted by atomic mass is 16.6. The minimum Gasteiger partial charge on any atom is -0.490 e. The molecule has 0 aliphatic carbocycles. The molecule has 1 fully saturated rings. The fourth-order valence-electron chi connectivity index (χ4n) is 1.66. The van der Waals surface area contributed by atoms with Gasteiger partial charge >= 0.3 is 0 Å². The molecule has 8 heteroatoms. The first kappa shape index (κ1) is 12.8. The van der Waals surface area contributed by atoms with Gasteiger partial charge in [-0.3, -0.25) is 0 Å². The van der Waals surface area contributed by atoms with Crippen LogP contribution in [0.2, 0.25) is 0 Å². The summed E-state index contributed by atoms with van der Waals surface area (Å²) in [5.74, 6) is 6.80. The first-order valence-electron chi connectivity index (χ1n) is 5.64. The molecule has 0 amide bonds. The average Bonchev–Trinajstić information content (AvgIpc) is 2.45. The Bertz CT molecular complexity index is 384. The number of rotatable bonds is 5. The van der Waals surface area contributed by atoms with E-state index in [-0.39, 0.29) is 6.10 Å². The van der Waals surface area contributed by atoms with E-state index in [1.807, 2.05) is 0 Å². The molecule has 1 saturated heterocycles. The highest BCUT2D eigenvalue weighted by Gasteiger charge is 2.16. The van der Waals surface area contributed by atoms with Gasteiger partial charge in [-0.2, -0.15) is 0 Å². The van der Waals surface area contributed by atoms with Crippen LogP contribution in [-0.2, 0) is 9.47 Å². The number of nitrogens with two attached hydrogens (primary N) is 1. The molecular weight excluding hydrogens is 238 g/mol. The third-order valence-electron chi connectivity index (χ3n) is 2.53. The number of hydrogen-bond acceptors (Lipinski definition) is 8. The summed E-state index contributed by atoms with van der Waals surface area (Å²) in [6, 6.07) is 0. The number of nitrogens with one attached hydrogen (secondary N) is 2. The molecule has 0 saturated carbocycles. The van der Waals surface area contributed by atoms with Crippen molar-refractivity contribution in [1.29, 1.82) is 0 Å². The first-order valence-corrected chi connectivity index (χ1v) is 5.64. The quantitative estimate of drug-likeness (QED) is 0.482. The summed E-state index contributed by atoms with van der Waals surface area (Å²) in [5, 5.41) is 3.13. The van der Waals surface area contributed by atoms with Gasteiger partial charge in [0.05, 0.1) is 33.0 Å². The van der Waals surface area contributed by atoms with Crippen molar-refractivity contribution >= 4 is 11.6 Å². The van der Waals surface area contributed by atoms with E-state index in [0.717, 1.165) is 0 Å². The summed E-state index contributed by atoms with van der Waals surface area (Å²) >= 11 is 0. The molecule has 2 heterocycles. The summed E-state index contributed by atoms with van der Waals surface area (Å²) in [5.41, 5.74) is 2.45. The number of aromatic nitrogens is 2. The SMILES string of the molecule is COc1c(NN)ncnc1NCC1COCCO1. The second-order valence-corrected chi connectivity index (χ2v) is 3.70. The van der Waals surface area contributed by atoms with Crippen LogP contribution in [0.5, 0.6) is 5.75 Å². The zero-order valence-electron chi connectivity index (χ0n) is 10.2. The Hall–Kier alpha value is -1.64. The van der Waals surface area contributed by atoms with Crippen molar-refractivity contribution in [2.45, 2.75) is 6.10 Å². The van der Waals surface area contributed by atoms with Crippen molar-refractivity contribution < 1.29 is 14.2 Å². The van der Waals surface area contributed by atoms with Gasteiger partial charge in [-0.15, -0.1) is 0 Å². The second-order valence-electron chi connectivity index (χ2n) is 3.70. The van der Waals surface area contributed by atoms with E-state index in [2.05, 4.69) is 20.7 Å². The lowest BCUT2D eigenvalue weighted by atomic mass is 10.3. The van der Waals surface area contributed by atoms with Crippen LogP contribution >= 0.6 is 0 Å². The van der Waals surface area contributed by atoms with Crippen molar-refractivity contribution in [3.63, 3.8) is 0 Å². The van der Waals surface area contributed by atoms with Gasteiger partial charge in [0.15, 0.2) is 11.6 Å². The van der Waals surface area contributed by atoms with E-state index in [4.69, 9.17) is 20.1 Å². The van der Waals surface area contributed by atoms with E-state index in [1.54, 1.807) is 0 Å². The van der Waals surface area contributed by atoms with Crippen LogP contribution in [0.15, 0.2) is 6.33 Å². The minimum atomic E-state index is 0.00714. The predicted octanol–water partition coefficient (Wildman–Crippen LogP) is -0.402. The molecule has 1 atom stereocenters. The van der Waals surface area contributed by atoms with Crippen LogP contribution in [0, 0.1) is 0 Å². The highest BCUT2D eigenvalue weighted by molar-refractivity contribution is 5.63. The van der Waals surface area contributed by atoms with Crippen LogP contribution in [-0.4, -0.2) is 49.5 Å². The average molecular weight is 255 g/mol. The van der Waals surface area contributed by atoms with E-state index >= 15 is 0 Å². The molecule has 1 aromatic heterocycles. The zero-order chi connectivity index (χ0) is 12.8. The van der Waals surface area contributed by atoms with Crippen LogP contribution in [0.4, 0.5) is 11.6 Å². The zero-order valence-corrected chi connectivity index (χ0v) is 10.2. The number of hydrazine groups is 1. The third-order valence-corrected chi connectivity index (χ3v) is 2.53. The van der Waals surface area contributed by atoms with Gasteiger partial charge in [0, 0.05) is 6.54 Å². The molecule has 1 unspecified atom stereocenters. The maximum Gasteiger partial charge on any atom is 0.205 e. The Kier molecular flexibility index (Phi) is 4.51. The first-order chi connectivity index (χ1) is 8.85. The molecule has 0 bridgehead atoms. The lowest BCUT2D eigenvalue weighted by molar-refractivity contribution is -0.0819. The predicted molar refractivity (Wildman–Crippen MR) is 65.4 cm³/mol. The van der Waals surface area contributed by atoms with Gasteiger partial charge in [-0.05, 0) is 0 Å². The Morgan fingerprint density at radius 3 is 2.94 bits per heavy atom. The molecule has 18 heavy (non-hydrogen) atoms. The summed E-state index contributed by atoms with van der Waals surface area (Å²) in [7, 11) is 1.53. The molecule has 100 valence electrons. The number of methoxy groups -OCH3 is 1. The lowest BCUT2D eigenvalue weighted by Gasteiger charge is -2.23. The molecule has 8 nitrogen and oxygen atoms in total. The van der Waals surface area contributed by atoms with Crippen molar-refractivity contribution in [3.05, 3.63) is 6.33 Å². The van der Waals surface area contributed by atoms with Gasteiger partial charge in [0.1, 0.15) is 6.33 Å². The highest BCUT2D eigenvalue weighted by Crippen LogP contribution is 2.27. The van der Waals surface area contributed by atoms with Crippen molar-refractivity contribution in [2.75, 3.05) is 44.2 Å². The topological polar surface area (TPSA) is 104 Å². The summed E-state index contributed by atoms with van der Waals surface area (Å²) < 4.78 is 16.0. The molecule has 1 aromatic rings. The number of nitrogen functional groups attached to an aromatic ring is 1. The van der Waals surface area contributed by atoms with Crippen LogP contribution < -0.4 is 21.3 Å². The summed E-state index contributed by atoms with van der Waals surface area (Å²) in [4.78, 5) is 8.06. The Labute approximate surface area is 105 Å². The van der Waals surface area contributed by atoms with Gasteiger partial charge in [-0.25, -0.2) is 15.8 Å². The number of anilines is 2. The molecule has 4 N–H and O–H groups in total. The maximum atomic E-state index is 5.52. The smallest absolute Gasteiger partial charge is 0.205 e. The fraction of sp³-hybridized carbons (Fsp3) is 0.600. The number of hydrogen-bond donors (Lipinski definition) is 3. The van der Waals surface area contributed by atoms with Gasteiger partial charge < -0.3 is 25.0 Å². The molecule has 0 spiro atoms. The van der Waals surface area contributed by atoms with Crippen LogP contribution in [0.1, 0.15) is 0 Å². The summed E-state index contributed by atoms with van der Waals surface area (Å²) in [6.07, 6.45) is 1.41. The van der Waals surface area contributed by atoms with Crippen LogP contribution in [0.25, 0.3) is 0 Å². The number of nitrogens with zero attached hydrogens (tertiary/aromatic N) is 2. The van der Waals surface area contributed by atoms with E-state index in [1.165, 1.54) is 13.4 Å². The lowest BCUT2D eigenvalue weighted by Crippen LogP contribution is -2.34. The molecule has 2 rings (SSSR count). The molecule has 0 radical (unpaired) electrons. The molecule has 0 aromatic carbocycles. The van der Waals surface area contributed by atoms with Crippen molar-refractivity contribution in [3.8, 4) is 5.75 Å². The van der Waals surface area contributed by atoms with Crippen LogP contribution in [0.3, 0.4) is 0 Å². The maximum absolute atomic E-state index is 5.52. The molecule has 1 aliphatic heterocycles. The van der Waals surface area contributed by atoms with E-state index < -0.39 is 0 Å². The van der Waals surface area contributed by atoms with Gasteiger partial charge in [0.2, 0.25) is 5.75 Å². The van der Waals surface area contributed by atoms with Crippen molar-refractivity contribution in [1.82, 2.24) is 9.97 Å². The molecule has 1 aliphatic rings. The van der Waals surface area contributed by atoms with E-state index in [0.29, 0.717) is 43.8 Å². The largest absolute Gasteiger partial charge is 0.490 e. The van der Waals surface area contributed by atoms with Gasteiger partial charge in [0.25, 0.3) is 0 Å². The summed E-state index contributed by atoms with van der Waals surface area (Å²) in [6.45, 7) is 2.41. The normalized spacial score (nSPS) is 19.3. The van der Waals surface area contributed by atoms with Crippen molar-refractivity contribution in [2.24, 2.45) is 5.84 Å². The Balaban J connectivity index is 1.99.